The van der Waals surface area contributed by atoms with Crippen molar-refractivity contribution in [1.29, 1.82) is 0 Å². The van der Waals surface area contributed by atoms with Crippen molar-refractivity contribution in [3.05, 3.63) is 51.2 Å². The van der Waals surface area contributed by atoms with Gasteiger partial charge in [0.15, 0.2) is 0 Å². The van der Waals surface area contributed by atoms with Gasteiger partial charge < -0.3 is 26.2 Å². The Bertz CT molecular complexity index is 945. The van der Waals surface area contributed by atoms with E-state index in [1.54, 1.807) is 12.1 Å². The molecular formula is C18H18F3N3O5S. The van der Waals surface area contributed by atoms with Crippen LogP contribution in [0.4, 0.5) is 13.2 Å². The van der Waals surface area contributed by atoms with E-state index in [1.165, 1.54) is 12.1 Å². The average Bonchev–Trinajstić information content (AvgIpc) is 3.16. The number of phenols is 1. The predicted molar refractivity (Wildman–Crippen MR) is 101 cm³/mol. The molecule has 0 aliphatic carbocycles. The molecule has 1 aromatic heterocycles. The largest absolute Gasteiger partial charge is 0.508 e. The standard InChI is InChI=1S/C18H18F3N3O5S/c1-29-17(28)12(7-22)24-16(27)14-11(18(19,20)21)6-13(30-14)15(26)23-8-9-3-2-4-10(25)5-9/h2-6,12,25H,7-8,22H2,1H3,(H,23,26)(H,24,27). The summed E-state index contributed by atoms with van der Waals surface area (Å²) < 4.78 is 44.6. The summed E-state index contributed by atoms with van der Waals surface area (Å²) in [4.78, 5) is 35.0. The van der Waals surface area contributed by atoms with E-state index in [-0.39, 0.29) is 23.7 Å². The number of carbonyl (C=O) groups is 3. The Morgan fingerprint density at radius 1 is 1.23 bits per heavy atom. The maximum Gasteiger partial charge on any atom is 0.418 e. The summed E-state index contributed by atoms with van der Waals surface area (Å²) >= 11 is 0.326. The molecule has 0 fully saturated rings. The third kappa shape index (κ3) is 5.70. The van der Waals surface area contributed by atoms with Crippen LogP contribution in [0.1, 0.15) is 30.5 Å². The highest BCUT2D eigenvalue weighted by molar-refractivity contribution is 7.16. The van der Waals surface area contributed by atoms with Crippen molar-refractivity contribution in [3.63, 3.8) is 0 Å². The van der Waals surface area contributed by atoms with E-state index < -0.39 is 40.4 Å². The highest BCUT2D eigenvalue weighted by Crippen LogP contribution is 2.37. The Morgan fingerprint density at radius 3 is 2.50 bits per heavy atom. The van der Waals surface area contributed by atoms with Gasteiger partial charge in [0.2, 0.25) is 0 Å². The van der Waals surface area contributed by atoms with Gasteiger partial charge in [-0.1, -0.05) is 12.1 Å². The number of hydrogen-bond acceptors (Lipinski definition) is 7. The fourth-order valence-corrected chi connectivity index (χ4v) is 3.40. The van der Waals surface area contributed by atoms with Crippen molar-refractivity contribution in [3.8, 4) is 5.75 Å². The minimum absolute atomic E-state index is 0.0312. The average molecular weight is 445 g/mol. The van der Waals surface area contributed by atoms with E-state index in [0.717, 1.165) is 7.11 Å². The number of aromatic hydroxyl groups is 1. The number of esters is 1. The lowest BCUT2D eigenvalue weighted by molar-refractivity contribution is -0.142. The highest BCUT2D eigenvalue weighted by Gasteiger charge is 2.39. The van der Waals surface area contributed by atoms with Crippen molar-refractivity contribution in [2.75, 3.05) is 13.7 Å². The molecule has 0 radical (unpaired) electrons. The maximum absolute atomic E-state index is 13.4. The maximum atomic E-state index is 13.4. The van der Waals surface area contributed by atoms with Crippen LogP contribution in [0.25, 0.3) is 0 Å². The number of carbonyl (C=O) groups excluding carboxylic acids is 3. The molecule has 5 N–H and O–H groups in total. The van der Waals surface area contributed by atoms with Gasteiger partial charge in [-0.3, -0.25) is 9.59 Å². The summed E-state index contributed by atoms with van der Waals surface area (Å²) in [5, 5.41) is 13.9. The summed E-state index contributed by atoms with van der Waals surface area (Å²) in [6.45, 7) is -0.437. The molecule has 30 heavy (non-hydrogen) atoms. The number of methoxy groups -OCH3 is 1. The zero-order chi connectivity index (χ0) is 22.5. The second-order valence-electron chi connectivity index (χ2n) is 5.99. The summed E-state index contributed by atoms with van der Waals surface area (Å²) in [5.74, 6) is -2.99. The van der Waals surface area contributed by atoms with Gasteiger partial charge in [0.05, 0.1) is 17.6 Å². The van der Waals surface area contributed by atoms with Crippen molar-refractivity contribution in [1.82, 2.24) is 10.6 Å². The topological polar surface area (TPSA) is 131 Å². The minimum Gasteiger partial charge on any atom is -0.508 e. The van der Waals surface area contributed by atoms with Crippen molar-refractivity contribution >= 4 is 29.1 Å². The van der Waals surface area contributed by atoms with Gasteiger partial charge in [0, 0.05) is 13.1 Å². The van der Waals surface area contributed by atoms with Crippen LogP contribution in [0, 0.1) is 0 Å². The van der Waals surface area contributed by atoms with Crippen LogP contribution in [-0.2, 0) is 22.3 Å². The first-order valence-corrected chi connectivity index (χ1v) is 9.24. The molecule has 1 unspecified atom stereocenters. The van der Waals surface area contributed by atoms with Gasteiger partial charge in [-0.15, -0.1) is 11.3 Å². The fourth-order valence-electron chi connectivity index (χ4n) is 2.40. The SMILES string of the molecule is COC(=O)C(CN)NC(=O)c1sc(C(=O)NCc2cccc(O)c2)cc1C(F)(F)F. The number of halogens is 3. The Morgan fingerprint density at radius 2 is 1.93 bits per heavy atom. The van der Waals surface area contributed by atoms with E-state index >= 15 is 0 Å². The van der Waals surface area contributed by atoms with Crippen LogP contribution >= 0.6 is 11.3 Å². The van der Waals surface area contributed by atoms with E-state index in [1.807, 2.05) is 0 Å². The first kappa shape index (κ1) is 23.2. The molecule has 0 saturated carbocycles. The van der Waals surface area contributed by atoms with Gasteiger partial charge in [0.25, 0.3) is 11.8 Å². The number of hydrogen-bond donors (Lipinski definition) is 4. The Hall–Kier alpha value is -3.12. The monoisotopic (exact) mass is 445 g/mol. The summed E-state index contributed by atoms with van der Waals surface area (Å²) in [6.07, 6.45) is -4.91. The molecule has 12 heteroatoms. The van der Waals surface area contributed by atoms with Crippen LogP contribution in [0.5, 0.6) is 5.75 Å². The number of rotatable bonds is 7. The molecule has 0 saturated heterocycles. The predicted octanol–water partition coefficient (Wildman–Crippen LogP) is 1.63. The molecule has 0 aliphatic rings. The van der Waals surface area contributed by atoms with E-state index in [0.29, 0.717) is 23.0 Å². The lowest BCUT2D eigenvalue weighted by Crippen LogP contribution is -2.46. The summed E-state index contributed by atoms with van der Waals surface area (Å²) in [6, 6.07) is 5.18. The molecule has 0 bridgehead atoms. The second kappa shape index (κ2) is 9.59. The van der Waals surface area contributed by atoms with Gasteiger partial charge >= 0.3 is 12.1 Å². The van der Waals surface area contributed by atoms with E-state index in [9.17, 15) is 32.7 Å². The fraction of sp³-hybridized carbons (Fsp3) is 0.278. The Labute approximate surface area is 172 Å². The molecule has 1 atom stereocenters. The quantitative estimate of drug-likeness (QED) is 0.479. The lowest BCUT2D eigenvalue weighted by Gasteiger charge is -2.14. The molecule has 2 rings (SSSR count). The second-order valence-corrected chi connectivity index (χ2v) is 7.04. The molecule has 2 aromatic rings. The molecular weight excluding hydrogens is 427 g/mol. The van der Waals surface area contributed by atoms with Crippen LogP contribution in [0.2, 0.25) is 0 Å². The number of amides is 2. The third-order valence-electron chi connectivity index (χ3n) is 3.86. The van der Waals surface area contributed by atoms with Crippen LogP contribution < -0.4 is 16.4 Å². The number of nitrogens with one attached hydrogen (secondary N) is 2. The molecule has 2 amide bonds. The number of benzene rings is 1. The summed E-state index contributed by atoms with van der Waals surface area (Å²) in [7, 11) is 1.04. The smallest absolute Gasteiger partial charge is 0.418 e. The zero-order valence-electron chi connectivity index (χ0n) is 15.6. The van der Waals surface area contributed by atoms with Crippen molar-refractivity contribution in [2.45, 2.75) is 18.8 Å². The molecule has 1 aromatic carbocycles. The lowest BCUT2D eigenvalue weighted by atomic mass is 10.2. The van der Waals surface area contributed by atoms with Gasteiger partial charge in [-0.05, 0) is 23.8 Å². The van der Waals surface area contributed by atoms with Gasteiger partial charge in [-0.2, -0.15) is 13.2 Å². The van der Waals surface area contributed by atoms with E-state index in [2.05, 4.69) is 15.4 Å². The number of ether oxygens (including phenoxy) is 1. The molecule has 8 nitrogen and oxygen atoms in total. The molecule has 162 valence electrons. The highest BCUT2D eigenvalue weighted by atomic mass is 32.1. The first-order valence-electron chi connectivity index (χ1n) is 8.42. The van der Waals surface area contributed by atoms with Crippen molar-refractivity contribution in [2.24, 2.45) is 5.73 Å². The number of alkyl halides is 3. The van der Waals surface area contributed by atoms with Gasteiger partial charge in [-0.25, -0.2) is 4.79 Å². The molecule has 0 spiro atoms. The molecule has 1 heterocycles. The molecule has 0 aliphatic heterocycles. The Balaban J connectivity index is 2.24. The normalized spacial score (nSPS) is 12.2. The Kier molecular flexibility index (Phi) is 7.40. The summed E-state index contributed by atoms with van der Waals surface area (Å²) in [5.41, 5.74) is 4.56. The van der Waals surface area contributed by atoms with Crippen molar-refractivity contribution < 1.29 is 37.4 Å². The first-order chi connectivity index (χ1) is 14.1. The van der Waals surface area contributed by atoms with Crippen LogP contribution in [0.3, 0.4) is 0 Å². The van der Waals surface area contributed by atoms with E-state index in [4.69, 9.17) is 5.73 Å². The number of nitrogens with two attached hydrogens (primary N) is 1. The van der Waals surface area contributed by atoms with Gasteiger partial charge in [0.1, 0.15) is 16.7 Å². The van der Waals surface area contributed by atoms with Crippen LogP contribution in [-0.4, -0.2) is 42.6 Å². The minimum atomic E-state index is -4.91. The number of phenolic OH excluding ortho intramolecular Hbond substituents is 1. The number of thiophene rings is 1. The zero-order valence-corrected chi connectivity index (χ0v) is 16.4. The third-order valence-corrected chi connectivity index (χ3v) is 4.99. The van der Waals surface area contributed by atoms with Crippen LogP contribution in [0.15, 0.2) is 30.3 Å².